The number of hydrogen-bond acceptors (Lipinski definition) is 4. The van der Waals surface area contributed by atoms with Gasteiger partial charge in [-0.05, 0) is 49.0 Å². The van der Waals surface area contributed by atoms with E-state index in [9.17, 15) is 4.39 Å². The first kappa shape index (κ1) is 12.9. The second kappa shape index (κ2) is 4.99. The zero-order valence-corrected chi connectivity index (χ0v) is 11.0. The van der Waals surface area contributed by atoms with Crippen LogP contribution < -0.4 is 5.32 Å². The summed E-state index contributed by atoms with van der Waals surface area (Å²) in [6.07, 6.45) is 0. The molecule has 1 heterocycles. The molecular formula is C11H13ClFN5. The van der Waals surface area contributed by atoms with Crippen LogP contribution in [0.5, 0.6) is 0 Å². The van der Waals surface area contributed by atoms with E-state index < -0.39 is 0 Å². The minimum Gasteiger partial charge on any atom is -0.311 e. The van der Waals surface area contributed by atoms with Crippen LogP contribution in [-0.4, -0.2) is 27.3 Å². The summed E-state index contributed by atoms with van der Waals surface area (Å²) >= 11 is 6.04. The van der Waals surface area contributed by atoms with E-state index in [0.717, 1.165) is 0 Å². The fraction of sp³-hybridized carbons (Fsp3) is 0.364. The molecule has 18 heavy (non-hydrogen) atoms. The number of rotatable bonds is 3. The van der Waals surface area contributed by atoms with E-state index in [-0.39, 0.29) is 16.9 Å². The number of aryl methyl sites for hydroxylation is 1. The molecule has 0 saturated heterocycles. The van der Waals surface area contributed by atoms with Crippen molar-refractivity contribution in [2.24, 2.45) is 0 Å². The summed E-state index contributed by atoms with van der Waals surface area (Å²) in [7, 11) is 1.81. The van der Waals surface area contributed by atoms with Gasteiger partial charge in [0.2, 0.25) is 0 Å². The minimum absolute atomic E-state index is 0.0403. The van der Waals surface area contributed by atoms with E-state index in [0.29, 0.717) is 17.1 Å². The third-order valence-electron chi connectivity index (χ3n) is 2.77. The van der Waals surface area contributed by atoms with Crippen molar-refractivity contribution in [3.63, 3.8) is 0 Å². The van der Waals surface area contributed by atoms with Crippen LogP contribution in [0.25, 0.3) is 5.69 Å². The highest BCUT2D eigenvalue weighted by Crippen LogP contribution is 2.25. The molecule has 1 unspecified atom stereocenters. The average Bonchev–Trinajstić information content (AvgIpc) is 2.81. The van der Waals surface area contributed by atoms with Crippen LogP contribution >= 0.6 is 11.6 Å². The highest BCUT2D eigenvalue weighted by atomic mass is 35.5. The van der Waals surface area contributed by atoms with Crippen LogP contribution in [-0.2, 0) is 0 Å². The summed E-state index contributed by atoms with van der Waals surface area (Å²) in [6, 6.07) is 2.85. The van der Waals surface area contributed by atoms with Crippen LogP contribution in [0, 0.1) is 12.7 Å². The summed E-state index contributed by atoms with van der Waals surface area (Å²) in [5.74, 6) is 0.269. The highest BCUT2D eigenvalue weighted by molar-refractivity contribution is 6.32. The Hall–Kier alpha value is -1.53. The van der Waals surface area contributed by atoms with Crippen LogP contribution in [0.3, 0.4) is 0 Å². The molecule has 0 aliphatic carbocycles. The fourth-order valence-corrected chi connectivity index (χ4v) is 1.80. The van der Waals surface area contributed by atoms with Gasteiger partial charge in [-0.3, -0.25) is 0 Å². The van der Waals surface area contributed by atoms with Gasteiger partial charge in [-0.15, -0.1) is 5.10 Å². The van der Waals surface area contributed by atoms with E-state index in [4.69, 9.17) is 11.6 Å². The van der Waals surface area contributed by atoms with Crippen molar-refractivity contribution in [1.29, 1.82) is 0 Å². The van der Waals surface area contributed by atoms with E-state index in [1.807, 2.05) is 6.92 Å². The molecular weight excluding hydrogens is 257 g/mol. The van der Waals surface area contributed by atoms with Crippen molar-refractivity contribution < 1.29 is 4.39 Å². The van der Waals surface area contributed by atoms with Crippen molar-refractivity contribution in [2.75, 3.05) is 7.05 Å². The molecule has 0 bridgehead atoms. The van der Waals surface area contributed by atoms with Crippen LogP contribution in [0.4, 0.5) is 4.39 Å². The Bertz CT molecular complexity index is 569. The van der Waals surface area contributed by atoms with Gasteiger partial charge >= 0.3 is 0 Å². The predicted molar refractivity (Wildman–Crippen MR) is 66.3 cm³/mol. The molecule has 1 aromatic carbocycles. The zero-order valence-electron chi connectivity index (χ0n) is 10.3. The maximum Gasteiger partial charge on any atom is 0.173 e. The van der Waals surface area contributed by atoms with Gasteiger partial charge < -0.3 is 5.32 Å². The van der Waals surface area contributed by atoms with Gasteiger partial charge in [-0.2, -0.15) is 4.68 Å². The molecule has 1 atom stereocenters. The number of nitrogens with zero attached hydrogens (tertiary/aromatic N) is 4. The van der Waals surface area contributed by atoms with Crippen molar-refractivity contribution in [1.82, 2.24) is 25.5 Å². The molecule has 0 fully saturated rings. The molecule has 0 amide bonds. The van der Waals surface area contributed by atoms with E-state index in [1.54, 1.807) is 20.0 Å². The van der Waals surface area contributed by atoms with Crippen molar-refractivity contribution in [3.05, 3.63) is 34.4 Å². The maximum atomic E-state index is 13.4. The third kappa shape index (κ3) is 2.21. The SMILES string of the molecule is CNC(C)c1nnnn1-c1cc(C)c(F)cc1Cl. The lowest BCUT2D eigenvalue weighted by Crippen LogP contribution is -2.18. The zero-order chi connectivity index (χ0) is 13.3. The molecule has 0 radical (unpaired) electrons. The van der Waals surface area contributed by atoms with E-state index >= 15 is 0 Å². The summed E-state index contributed by atoms with van der Waals surface area (Å²) in [5.41, 5.74) is 1.06. The van der Waals surface area contributed by atoms with E-state index in [1.165, 1.54) is 10.7 Å². The van der Waals surface area contributed by atoms with Gasteiger partial charge in [0.25, 0.3) is 0 Å². The molecule has 96 valence electrons. The molecule has 7 heteroatoms. The fourth-order valence-electron chi connectivity index (χ4n) is 1.57. The topological polar surface area (TPSA) is 55.6 Å². The van der Waals surface area contributed by atoms with Crippen molar-refractivity contribution >= 4 is 11.6 Å². The summed E-state index contributed by atoms with van der Waals surface area (Å²) < 4.78 is 14.9. The second-order valence-electron chi connectivity index (χ2n) is 4.01. The maximum absolute atomic E-state index is 13.4. The first-order valence-corrected chi connectivity index (χ1v) is 5.84. The third-order valence-corrected chi connectivity index (χ3v) is 3.07. The van der Waals surface area contributed by atoms with Gasteiger partial charge in [0, 0.05) is 0 Å². The van der Waals surface area contributed by atoms with Gasteiger partial charge in [0.1, 0.15) is 5.82 Å². The number of benzene rings is 1. The quantitative estimate of drug-likeness (QED) is 0.926. The number of aromatic nitrogens is 4. The Morgan fingerprint density at radius 2 is 2.17 bits per heavy atom. The van der Waals surface area contributed by atoms with Crippen LogP contribution in [0.2, 0.25) is 5.02 Å². The molecule has 5 nitrogen and oxygen atoms in total. The molecule has 1 N–H and O–H groups in total. The first-order valence-electron chi connectivity index (χ1n) is 5.46. The number of tetrazole rings is 1. The largest absolute Gasteiger partial charge is 0.311 e. The lowest BCUT2D eigenvalue weighted by atomic mass is 10.2. The Kier molecular flexibility index (Phi) is 3.58. The van der Waals surface area contributed by atoms with Crippen molar-refractivity contribution in [2.45, 2.75) is 19.9 Å². The highest BCUT2D eigenvalue weighted by Gasteiger charge is 2.17. The van der Waals surface area contributed by atoms with Crippen molar-refractivity contribution in [3.8, 4) is 5.69 Å². The molecule has 1 aromatic heterocycles. The minimum atomic E-state index is -0.347. The van der Waals surface area contributed by atoms with Crippen LogP contribution in [0.1, 0.15) is 24.4 Å². The first-order chi connectivity index (χ1) is 8.54. The molecule has 0 saturated carbocycles. The predicted octanol–water partition coefficient (Wildman–Crippen LogP) is 2.04. The van der Waals surface area contributed by atoms with Gasteiger partial charge in [-0.1, -0.05) is 11.6 Å². The molecule has 0 spiro atoms. The Morgan fingerprint density at radius 3 is 2.83 bits per heavy atom. The number of halogens is 2. The Labute approximate surface area is 109 Å². The smallest absolute Gasteiger partial charge is 0.173 e. The van der Waals surface area contributed by atoms with Gasteiger partial charge in [0.15, 0.2) is 5.82 Å². The molecule has 0 aliphatic rings. The second-order valence-corrected chi connectivity index (χ2v) is 4.42. The lowest BCUT2D eigenvalue weighted by molar-refractivity contribution is 0.586. The summed E-state index contributed by atoms with van der Waals surface area (Å²) in [5, 5.41) is 14.8. The van der Waals surface area contributed by atoms with Gasteiger partial charge in [0.05, 0.1) is 16.8 Å². The molecule has 2 aromatic rings. The lowest BCUT2D eigenvalue weighted by Gasteiger charge is -2.12. The number of nitrogens with one attached hydrogen (secondary N) is 1. The molecule has 2 rings (SSSR count). The summed E-state index contributed by atoms with van der Waals surface area (Å²) in [4.78, 5) is 0. The average molecular weight is 270 g/mol. The number of hydrogen-bond donors (Lipinski definition) is 1. The van der Waals surface area contributed by atoms with Gasteiger partial charge in [-0.25, -0.2) is 4.39 Å². The van der Waals surface area contributed by atoms with E-state index in [2.05, 4.69) is 20.8 Å². The Morgan fingerprint density at radius 1 is 1.44 bits per heavy atom. The normalized spacial score (nSPS) is 12.7. The Balaban J connectivity index is 2.56. The monoisotopic (exact) mass is 269 g/mol. The van der Waals surface area contributed by atoms with Crippen LogP contribution in [0.15, 0.2) is 12.1 Å². The summed E-state index contributed by atoms with van der Waals surface area (Å²) in [6.45, 7) is 3.59. The standard InChI is InChI=1S/C11H13ClFN5/c1-6-4-10(8(12)5-9(6)13)18-11(7(2)14-3)15-16-17-18/h4-5,7,14H,1-3H3. The molecule has 0 aliphatic heterocycles.